The lowest BCUT2D eigenvalue weighted by molar-refractivity contribution is 0.557. The summed E-state index contributed by atoms with van der Waals surface area (Å²) in [6.45, 7) is 3.33. The second-order valence-corrected chi connectivity index (χ2v) is 9.31. The largest absolute Gasteiger partial charge is 0.251 e. The Bertz CT molecular complexity index is 1280. The van der Waals surface area contributed by atoms with Crippen molar-refractivity contribution in [2.24, 2.45) is 0 Å². The quantitative estimate of drug-likeness (QED) is 0.192. The Balaban J connectivity index is 1.83. The van der Waals surface area contributed by atoms with Gasteiger partial charge >= 0.3 is 0 Å². The number of pyridine rings is 4. The third-order valence-electron chi connectivity index (χ3n) is 5.04. The van der Waals surface area contributed by atoms with Crippen molar-refractivity contribution in [2.75, 3.05) is 0 Å². The molecule has 0 aliphatic rings. The van der Waals surface area contributed by atoms with Crippen LogP contribution in [0.3, 0.4) is 0 Å². The van der Waals surface area contributed by atoms with Gasteiger partial charge in [-0.05, 0) is 82.1 Å². The van der Waals surface area contributed by atoms with Crippen molar-refractivity contribution in [3.05, 3.63) is 92.7 Å². The molecule has 10 heteroatoms. The minimum atomic E-state index is -1.12. The number of halogens is 6. The number of nitrogens with zero attached hydrogens (tertiary/aromatic N) is 4. The first-order valence-corrected chi connectivity index (χ1v) is 11.1. The molecule has 0 saturated carbocycles. The van der Waals surface area contributed by atoms with Gasteiger partial charge in [0.15, 0.2) is 0 Å². The molecule has 4 rings (SSSR count). The van der Waals surface area contributed by atoms with Crippen LogP contribution in [0, 0.1) is 23.5 Å². The molecular formula is C23H14Br2F4N4. The fraction of sp³-hybridized carbons (Fsp3) is 0.130. The van der Waals surface area contributed by atoms with Crippen LogP contribution < -0.4 is 0 Å². The summed E-state index contributed by atoms with van der Waals surface area (Å²) < 4.78 is 58.4. The normalized spacial score (nSPS) is 11.6. The van der Waals surface area contributed by atoms with Crippen LogP contribution in [0.2, 0.25) is 0 Å². The predicted molar refractivity (Wildman–Crippen MR) is 122 cm³/mol. The van der Waals surface area contributed by atoms with E-state index in [0.29, 0.717) is 0 Å². The highest BCUT2D eigenvalue weighted by atomic mass is 79.9. The monoisotopic (exact) mass is 580 g/mol. The Labute approximate surface area is 203 Å². The van der Waals surface area contributed by atoms with Gasteiger partial charge in [-0.3, -0.25) is 9.97 Å². The van der Waals surface area contributed by atoms with E-state index >= 15 is 0 Å². The molecule has 0 fully saturated rings. The fourth-order valence-electron chi connectivity index (χ4n) is 3.25. The van der Waals surface area contributed by atoms with E-state index < -0.39 is 28.9 Å². The molecule has 0 N–H and O–H groups in total. The minimum absolute atomic E-state index is 0.00523. The maximum Gasteiger partial charge on any atom is 0.223 e. The number of aromatic nitrogens is 4. The van der Waals surface area contributed by atoms with E-state index in [1.807, 2.05) is 0 Å². The summed E-state index contributed by atoms with van der Waals surface area (Å²) in [5, 5.41) is 0. The van der Waals surface area contributed by atoms with Crippen LogP contribution in [0.25, 0.3) is 22.5 Å². The van der Waals surface area contributed by atoms with Crippen LogP contribution in [-0.4, -0.2) is 19.9 Å². The van der Waals surface area contributed by atoms with Gasteiger partial charge in [0.2, 0.25) is 11.9 Å². The van der Waals surface area contributed by atoms with Gasteiger partial charge in [-0.2, -0.15) is 8.78 Å². The Hall–Kier alpha value is -2.72. The van der Waals surface area contributed by atoms with Crippen LogP contribution >= 0.6 is 31.9 Å². The highest BCUT2D eigenvalue weighted by Crippen LogP contribution is 2.34. The molecular weight excluding hydrogens is 568 g/mol. The number of rotatable bonds is 4. The van der Waals surface area contributed by atoms with E-state index in [1.165, 1.54) is 36.4 Å². The van der Waals surface area contributed by atoms with Gasteiger partial charge in [-0.15, -0.1) is 0 Å². The van der Waals surface area contributed by atoms with Crippen LogP contribution in [0.4, 0.5) is 17.6 Å². The topological polar surface area (TPSA) is 51.6 Å². The highest BCUT2D eigenvalue weighted by Gasteiger charge is 2.29. The summed E-state index contributed by atoms with van der Waals surface area (Å²) >= 11 is 6.16. The first kappa shape index (κ1) is 23.4. The van der Waals surface area contributed by atoms with Crippen LogP contribution in [0.5, 0.6) is 0 Å². The summed E-state index contributed by atoms with van der Waals surface area (Å²) in [6, 6.07) is 10.4. The Morgan fingerprint density at radius 2 is 1.00 bits per heavy atom. The standard InChI is InChI=1S/C23H14Br2F4N4/c1-23(2,17-9-11(26)7-15(30-17)13-3-5-19(24)32-21(13)28)18-10-12(27)8-16(31-18)14-4-6-20(25)33-22(14)29/h3-10H,1-2H3. The minimum Gasteiger partial charge on any atom is -0.251 e. The second kappa shape index (κ2) is 8.90. The number of hydrogen-bond donors (Lipinski definition) is 0. The molecule has 0 radical (unpaired) electrons. The molecule has 0 spiro atoms. The summed E-state index contributed by atoms with van der Waals surface area (Å²) in [6.07, 6.45) is 0. The summed E-state index contributed by atoms with van der Waals surface area (Å²) in [4.78, 5) is 16.2. The summed E-state index contributed by atoms with van der Waals surface area (Å²) in [5.41, 5.74) is -0.703. The fourth-order valence-corrected chi connectivity index (χ4v) is 3.82. The zero-order valence-corrected chi connectivity index (χ0v) is 20.3. The third-order valence-corrected chi connectivity index (χ3v) is 5.93. The first-order chi connectivity index (χ1) is 15.5. The van der Waals surface area contributed by atoms with Gasteiger partial charge in [-0.1, -0.05) is 0 Å². The lowest BCUT2D eigenvalue weighted by Gasteiger charge is -2.25. The molecule has 0 saturated heterocycles. The maximum absolute atomic E-state index is 14.5. The smallest absolute Gasteiger partial charge is 0.223 e. The molecule has 4 nitrogen and oxygen atoms in total. The third kappa shape index (κ3) is 4.81. The van der Waals surface area contributed by atoms with E-state index in [1.54, 1.807) is 13.8 Å². The van der Waals surface area contributed by atoms with Gasteiger partial charge in [0.25, 0.3) is 0 Å². The van der Waals surface area contributed by atoms with Gasteiger partial charge in [0, 0.05) is 17.5 Å². The summed E-state index contributed by atoms with van der Waals surface area (Å²) in [7, 11) is 0. The van der Waals surface area contributed by atoms with Gasteiger partial charge in [0.05, 0.1) is 33.9 Å². The average Bonchev–Trinajstić information content (AvgIpc) is 2.72. The molecule has 4 aromatic heterocycles. The van der Waals surface area contributed by atoms with Gasteiger partial charge in [0.1, 0.15) is 20.8 Å². The molecule has 168 valence electrons. The zero-order valence-electron chi connectivity index (χ0n) is 17.2. The van der Waals surface area contributed by atoms with E-state index in [-0.39, 0.29) is 43.1 Å². The Morgan fingerprint density at radius 1 is 0.606 bits per heavy atom. The highest BCUT2D eigenvalue weighted by molar-refractivity contribution is 9.10. The lowest BCUT2D eigenvalue weighted by Crippen LogP contribution is -2.23. The van der Waals surface area contributed by atoms with Crippen molar-refractivity contribution in [3.8, 4) is 22.5 Å². The molecule has 33 heavy (non-hydrogen) atoms. The van der Waals surface area contributed by atoms with Crippen molar-refractivity contribution in [1.29, 1.82) is 0 Å². The van der Waals surface area contributed by atoms with E-state index in [9.17, 15) is 17.6 Å². The molecule has 0 amide bonds. The molecule has 4 heterocycles. The first-order valence-electron chi connectivity index (χ1n) is 9.55. The molecule has 0 unspecified atom stereocenters. The van der Waals surface area contributed by atoms with Gasteiger partial charge in [-0.25, -0.2) is 18.7 Å². The Kier molecular flexibility index (Phi) is 6.32. The van der Waals surface area contributed by atoms with Gasteiger partial charge < -0.3 is 0 Å². The van der Waals surface area contributed by atoms with Crippen molar-refractivity contribution < 1.29 is 17.6 Å². The lowest BCUT2D eigenvalue weighted by atomic mass is 9.84. The molecule has 0 aliphatic carbocycles. The molecule has 0 atom stereocenters. The average molecular weight is 582 g/mol. The van der Waals surface area contributed by atoms with Crippen molar-refractivity contribution in [3.63, 3.8) is 0 Å². The van der Waals surface area contributed by atoms with Crippen LogP contribution in [0.1, 0.15) is 25.2 Å². The van der Waals surface area contributed by atoms with Crippen LogP contribution in [0.15, 0.2) is 57.7 Å². The zero-order chi connectivity index (χ0) is 23.9. The summed E-state index contributed by atoms with van der Waals surface area (Å²) in [5.74, 6) is -2.97. The van der Waals surface area contributed by atoms with E-state index in [0.717, 1.165) is 12.1 Å². The van der Waals surface area contributed by atoms with Crippen molar-refractivity contribution >= 4 is 31.9 Å². The number of hydrogen-bond acceptors (Lipinski definition) is 4. The van der Waals surface area contributed by atoms with E-state index in [2.05, 4.69) is 51.8 Å². The van der Waals surface area contributed by atoms with Crippen molar-refractivity contribution in [1.82, 2.24) is 19.9 Å². The SMILES string of the molecule is CC(C)(c1cc(F)cc(-c2ccc(Br)nc2F)n1)c1cc(F)cc(-c2ccc(Br)nc2F)n1. The molecule has 0 aliphatic heterocycles. The Morgan fingerprint density at radius 3 is 1.36 bits per heavy atom. The van der Waals surface area contributed by atoms with E-state index in [4.69, 9.17) is 0 Å². The van der Waals surface area contributed by atoms with Crippen LogP contribution in [-0.2, 0) is 5.41 Å². The molecule has 0 bridgehead atoms. The maximum atomic E-state index is 14.5. The molecule has 4 aromatic rings. The predicted octanol–water partition coefficient (Wildman–Crippen LogP) is 7.01. The molecule has 0 aromatic carbocycles. The van der Waals surface area contributed by atoms with Crippen molar-refractivity contribution in [2.45, 2.75) is 19.3 Å². The second-order valence-electron chi connectivity index (χ2n) is 7.68.